The number of aromatic nitrogens is 2. The molecule has 0 atom stereocenters. The highest BCUT2D eigenvalue weighted by Gasteiger charge is 2.09. The van der Waals surface area contributed by atoms with Gasteiger partial charge in [0.1, 0.15) is 5.82 Å². The maximum Gasteiger partial charge on any atom is 0.222 e. The summed E-state index contributed by atoms with van der Waals surface area (Å²) < 4.78 is 0.985. The highest BCUT2D eigenvalue weighted by Crippen LogP contribution is 2.28. The van der Waals surface area contributed by atoms with E-state index in [1.165, 1.54) is 0 Å². The standard InChI is InChI=1S/C19H19BrN4O/c1-12-2-5-14(20)10-16(12)17-11-18(24-19(21)23-17)22-15-6-3-13(4-7-15)8-9-25/h2-7,10-11,25H,8-9H2,1H3,(H3,21,22,23,24). The fourth-order valence-electron chi connectivity index (χ4n) is 2.57. The number of hydrogen-bond donors (Lipinski definition) is 3. The van der Waals surface area contributed by atoms with Crippen LogP contribution in [0.15, 0.2) is 53.0 Å². The van der Waals surface area contributed by atoms with Crippen molar-refractivity contribution in [2.24, 2.45) is 0 Å². The summed E-state index contributed by atoms with van der Waals surface area (Å²) in [4.78, 5) is 8.63. The van der Waals surface area contributed by atoms with Crippen LogP contribution >= 0.6 is 15.9 Å². The Morgan fingerprint density at radius 1 is 1.08 bits per heavy atom. The van der Waals surface area contributed by atoms with Crippen molar-refractivity contribution in [3.05, 3.63) is 64.1 Å². The highest BCUT2D eigenvalue weighted by molar-refractivity contribution is 9.10. The van der Waals surface area contributed by atoms with E-state index in [0.29, 0.717) is 12.2 Å². The lowest BCUT2D eigenvalue weighted by Gasteiger charge is -2.11. The van der Waals surface area contributed by atoms with Gasteiger partial charge in [-0.05, 0) is 48.7 Å². The van der Waals surface area contributed by atoms with Crippen LogP contribution in [0.2, 0.25) is 0 Å². The number of aliphatic hydroxyl groups is 1. The number of nitrogen functional groups attached to an aromatic ring is 1. The summed E-state index contributed by atoms with van der Waals surface area (Å²) in [5.74, 6) is 0.855. The summed E-state index contributed by atoms with van der Waals surface area (Å²) in [5.41, 5.74) is 10.8. The molecule has 5 nitrogen and oxygen atoms in total. The summed E-state index contributed by atoms with van der Waals surface area (Å²) in [6.45, 7) is 2.18. The minimum atomic E-state index is 0.143. The van der Waals surface area contributed by atoms with Crippen LogP contribution in [0.25, 0.3) is 11.3 Å². The summed E-state index contributed by atoms with van der Waals surface area (Å²) in [5, 5.41) is 12.2. The SMILES string of the molecule is Cc1ccc(Br)cc1-c1cc(Nc2ccc(CCO)cc2)nc(N)n1. The number of rotatable bonds is 5. The first-order valence-electron chi connectivity index (χ1n) is 7.93. The molecule has 1 aromatic heterocycles. The molecule has 0 radical (unpaired) electrons. The summed E-state index contributed by atoms with van der Waals surface area (Å²) in [7, 11) is 0. The van der Waals surface area contributed by atoms with Gasteiger partial charge in [0, 0.05) is 28.4 Å². The number of nitrogens with one attached hydrogen (secondary N) is 1. The van der Waals surface area contributed by atoms with E-state index in [0.717, 1.165) is 32.5 Å². The third kappa shape index (κ3) is 4.35. The molecule has 0 aliphatic carbocycles. The zero-order chi connectivity index (χ0) is 17.8. The fourth-order valence-corrected chi connectivity index (χ4v) is 2.93. The van der Waals surface area contributed by atoms with E-state index in [1.807, 2.05) is 55.5 Å². The highest BCUT2D eigenvalue weighted by atomic mass is 79.9. The number of nitrogens with two attached hydrogens (primary N) is 1. The van der Waals surface area contributed by atoms with Crippen LogP contribution in [0.4, 0.5) is 17.5 Å². The van der Waals surface area contributed by atoms with Gasteiger partial charge in [-0.1, -0.05) is 34.1 Å². The van der Waals surface area contributed by atoms with Gasteiger partial charge in [-0.3, -0.25) is 0 Å². The van der Waals surface area contributed by atoms with Crippen molar-refractivity contribution in [3.8, 4) is 11.3 Å². The second-order valence-corrected chi connectivity index (χ2v) is 6.67. The average Bonchev–Trinajstić information content (AvgIpc) is 2.58. The fraction of sp³-hybridized carbons (Fsp3) is 0.158. The van der Waals surface area contributed by atoms with E-state index >= 15 is 0 Å². The number of aliphatic hydroxyl groups excluding tert-OH is 1. The summed E-state index contributed by atoms with van der Waals surface area (Å²) >= 11 is 3.50. The molecule has 1 heterocycles. The van der Waals surface area contributed by atoms with E-state index < -0.39 is 0 Å². The largest absolute Gasteiger partial charge is 0.396 e. The second-order valence-electron chi connectivity index (χ2n) is 5.75. The number of benzene rings is 2. The zero-order valence-corrected chi connectivity index (χ0v) is 15.4. The zero-order valence-electron chi connectivity index (χ0n) is 13.8. The molecule has 128 valence electrons. The monoisotopic (exact) mass is 398 g/mol. The molecule has 3 aromatic rings. The molecule has 4 N–H and O–H groups in total. The molecule has 3 rings (SSSR count). The van der Waals surface area contributed by atoms with Gasteiger partial charge in [-0.25, -0.2) is 4.98 Å². The second kappa shape index (κ2) is 7.63. The van der Waals surface area contributed by atoms with Crippen LogP contribution in [-0.2, 0) is 6.42 Å². The molecule has 0 bridgehead atoms. The van der Waals surface area contributed by atoms with Gasteiger partial charge in [0.25, 0.3) is 0 Å². The Hall–Kier alpha value is -2.44. The van der Waals surface area contributed by atoms with Crippen LogP contribution in [0.1, 0.15) is 11.1 Å². The molecule has 0 aliphatic rings. The Morgan fingerprint density at radius 2 is 1.84 bits per heavy atom. The lowest BCUT2D eigenvalue weighted by atomic mass is 10.1. The van der Waals surface area contributed by atoms with Crippen molar-refractivity contribution in [2.75, 3.05) is 17.7 Å². The number of anilines is 3. The van der Waals surface area contributed by atoms with E-state index in [1.54, 1.807) is 0 Å². The number of nitrogens with zero attached hydrogens (tertiary/aromatic N) is 2. The topological polar surface area (TPSA) is 84.1 Å². The Kier molecular flexibility index (Phi) is 5.31. The molecule has 25 heavy (non-hydrogen) atoms. The van der Waals surface area contributed by atoms with Gasteiger partial charge >= 0.3 is 0 Å². The Labute approximate surface area is 155 Å². The maximum atomic E-state index is 8.99. The quantitative estimate of drug-likeness (QED) is 0.602. The van der Waals surface area contributed by atoms with Crippen molar-refractivity contribution in [3.63, 3.8) is 0 Å². The third-order valence-corrected chi connectivity index (χ3v) is 4.34. The van der Waals surface area contributed by atoms with E-state index in [4.69, 9.17) is 10.8 Å². The van der Waals surface area contributed by atoms with Crippen molar-refractivity contribution in [1.82, 2.24) is 9.97 Å². The number of aryl methyl sites for hydroxylation is 1. The molecular formula is C19H19BrN4O. The lowest BCUT2D eigenvalue weighted by molar-refractivity contribution is 0.299. The van der Waals surface area contributed by atoms with Gasteiger partial charge in [-0.15, -0.1) is 0 Å². The van der Waals surface area contributed by atoms with Crippen LogP contribution < -0.4 is 11.1 Å². The van der Waals surface area contributed by atoms with E-state index in [2.05, 4.69) is 31.2 Å². The molecule has 0 fully saturated rings. The number of hydrogen-bond acceptors (Lipinski definition) is 5. The van der Waals surface area contributed by atoms with Crippen LogP contribution in [0, 0.1) is 6.92 Å². The summed E-state index contributed by atoms with van der Waals surface area (Å²) in [6.07, 6.45) is 0.646. The Morgan fingerprint density at radius 3 is 2.56 bits per heavy atom. The first-order valence-corrected chi connectivity index (χ1v) is 8.72. The predicted octanol–water partition coefficient (Wildman–Crippen LogP) is 4.08. The molecule has 0 unspecified atom stereocenters. The van der Waals surface area contributed by atoms with Gasteiger partial charge in [0.15, 0.2) is 0 Å². The first-order chi connectivity index (χ1) is 12.0. The first kappa shape index (κ1) is 17.4. The van der Waals surface area contributed by atoms with E-state index in [-0.39, 0.29) is 12.6 Å². The lowest BCUT2D eigenvalue weighted by Crippen LogP contribution is -2.02. The molecule has 0 saturated heterocycles. The Bertz CT molecular complexity index is 881. The molecule has 0 amide bonds. The smallest absolute Gasteiger partial charge is 0.222 e. The molecule has 0 saturated carbocycles. The third-order valence-electron chi connectivity index (χ3n) is 3.85. The van der Waals surface area contributed by atoms with Crippen molar-refractivity contribution >= 4 is 33.4 Å². The van der Waals surface area contributed by atoms with Gasteiger partial charge in [0.05, 0.1) is 5.69 Å². The predicted molar refractivity (Wildman–Crippen MR) is 105 cm³/mol. The minimum Gasteiger partial charge on any atom is -0.396 e. The van der Waals surface area contributed by atoms with Crippen LogP contribution in [-0.4, -0.2) is 21.7 Å². The Balaban J connectivity index is 1.90. The maximum absolute atomic E-state index is 8.99. The number of halogens is 1. The molecule has 0 spiro atoms. The average molecular weight is 399 g/mol. The molecule has 2 aromatic carbocycles. The van der Waals surface area contributed by atoms with Gasteiger partial charge in [0.2, 0.25) is 5.95 Å². The van der Waals surface area contributed by atoms with Crippen molar-refractivity contribution in [2.45, 2.75) is 13.3 Å². The van der Waals surface area contributed by atoms with E-state index in [9.17, 15) is 0 Å². The van der Waals surface area contributed by atoms with Crippen molar-refractivity contribution in [1.29, 1.82) is 0 Å². The summed E-state index contributed by atoms with van der Waals surface area (Å²) in [6, 6.07) is 15.8. The molecular weight excluding hydrogens is 380 g/mol. The normalized spacial score (nSPS) is 10.7. The molecule has 6 heteroatoms. The van der Waals surface area contributed by atoms with Crippen LogP contribution in [0.3, 0.4) is 0 Å². The minimum absolute atomic E-state index is 0.143. The van der Waals surface area contributed by atoms with Crippen molar-refractivity contribution < 1.29 is 5.11 Å². The van der Waals surface area contributed by atoms with Gasteiger partial charge < -0.3 is 16.2 Å². The molecule has 0 aliphatic heterocycles. The van der Waals surface area contributed by atoms with Gasteiger partial charge in [-0.2, -0.15) is 4.98 Å². The van der Waals surface area contributed by atoms with Crippen LogP contribution in [0.5, 0.6) is 0 Å².